The lowest BCUT2D eigenvalue weighted by molar-refractivity contribution is -0.0127. The van der Waals surface area contributed by atoms with E-state index in [4.69, 9.17) is 4.74 Å². The molecule has 20 heavy (non-hydrogen) atoms. The van der Waals surface area contributed by atoms with Crippen molar-refractivity contribution in [2.24, 2.45) is 0 Å². The van der Waals surface area contributed by atoms with E-state index in [0.29, 0.717) is 0 Å². The van der Waals surface area contributed by atoms with E-state index in [1.165, 1.54) is 6.42 Å². The smallest absolute Gasteiger partial charge is 0.146 e. The van der Waals surface area contributed by atoms with Crippen LogP contribution in [0.3, 0.4) is 0 Å². The Hall–Kier alpha value is -1.61. The number of hydrogen-bond acceptors (Lipinski definition) is 3. The van der Waals surface area contributed by atoms with Crippen LogP contribution in [0.5, 0.6) is 5.75 Å². The van der Waals surface area contributed by atoms with Crippen molar-refractivity contribution >= 4 is 10.9 Å². The van der Waals surface area contributed by atoms with Gasteiger partial charge < -0.3 is 10.1 Å². The van der Waals surface area contributed by atoms with Crippen LogP contribution in [0.1, 0.15) is 31.4 Å². The predicted molar refractivity (Wildman–Crippen MR) is 82.2 cm³/mol. The summed E-state index contributed by atoms with van der Waals surface area (Å²) in [4.78, 5) is 4.66. The largest absolute Gasteiger partial charge is 0.485 e. The van der Waals surface area contributed by atoms with Gasteiger partial charge in [0.05, 0.1) is 0 Å². The molecule has 1 aromatic heterocycles. The number of nitrogens with zero attached hydrogens (tertiary/aromatic N) is 1. The van der Waals surface area contributed by atoms with E-state index < -0.39 is 0 Å². The minimum atomic E-state index is 0.0166. The average molecular weight is 270 g/mol. The monoisotopic (exact) mass is 270 g/mol. The van der Waals surface area contributed by atoms with Crippen LogP contribution in [0.2, 0.25) is 0 Å². The fourth-order valence-corrected chi connectivity index (χ4v) is 2.86. The molecule has 0 amide bonds. The van der Waals surface area contributed by atoms with Crippen LogP contribution in [-0.4, -0.2) is 24.2 Å². The lowest BCUT2D eigenvalue weighted by atomic mass is 9.77. The van der Waals surface area contributed by atoms with Gasteiger partial charge in [0.1, 0.15) is 16.9 Å². The molecule has 1 fully saturated rings. The summed E-state index contributed by atoms with van der Waals surface area (Å²) < 4.78 is 6.41. The Morgan fingerprint density at radius 3 is 2.80 bits per heavy atom. The molecule has 0 atom stereocenters. The van der Waals surface area contributed by atoms with Crippen LogP contribution in [0.25, 0.3) is 10.9 Å². The minimum absolute atomic E-state index is 0.0166. The quantitative estimate of drug-likeness (QED) is 0.903. The van der Waals surface area contributed by atoms with Gasteiger partial charge in [0, 0.05) is 11.1 Å². The van der Waals surface area contributed by atoms with Crippen molar-refractivity contribution in [3.8, 4) is 5.75 Å². The summed E-state index contributed by atoms with van der Waals surface area (Å²) in [6.07, 6.45) is 4.63. The van der Waals surface area contributed by atoms with Gasteiger partial charge in [-0.3, -0.25) is 0 Å². The molecule has 1 aromatic carbocycles. The number of nitrogens with one attached hydrogen (secondary N) is 1. The normalized spacial score (nSPS) is 16.9. The maximum atomic E-state index is 6.41. The minimum Gasteiger partial charge on any atom is -0.485 e. The van der Waals surface area contributed by atoms with Crippen molar-refractivity contribution in [3.05, 3.63) is 36.0 Å². The maximum absolute atomic E-state index is 6.41. The molecular formula is C17H22N2O. The average Bonchev–Trinajstić information content (AvgIpc) is 2.42. The van der Waals surface area contributed by atoms with Gasteiger partial charge in [-0.15, -0.1) is 0 Å². The predicted octanol–water partition coefficient (Wildman–Crippen LogP) is 3.45. The first-order chi connectivity index (χ1) is 9.72. The lowest BCUT2D eigenvalue weighted by Crippen LogP contribution is -2.45. The Morgan fingerprint density at radius 2 is 2.10 bits per heavy atom. The van der Waals surface area contributed by atoms with Crippen molar-refractivity contribution in [1.29, 1.82) is 0 Å². The molecule has 0 aliphatic heterocycles. The molecule has 0 spiro atoms. The molecule has 106 valence electrons. The zero-order chi connectivity index (χ0) is 14.0. The molecule has 0 radical (unpaired) electrons. The summed E-state index contributed by atoms with van der Waals surface area (Å²) in [5, 5.41) is 4.38. The van der Waals surface area contributed by atoms with Gasteiger partial charge in [-0.2, -0.15) is 0 Å². The van der Waals surface area contributed by atoms with Crippen LogP contribution in [0.15, 0.2) is 30.3 Å². The highest BCUT2D eigenvalue weighted by atomic mass is 16.5. The van der Waals surface area contributed by atoms with Crippen molar-refractivity contribution in [3.63, 3.8) is 0 Å². The summed E-state index contributed by atoms with van der Waals surface area (Å²) in [7, 11) is 2.00. The standard InChI is InChI=1S/C17H22N2O/c1-13-7-8-14-5-3-6-15(16(14)19-13)20-17(9-4-10-17)11-12-18-2/h3,5-8,18H,4,9-12H2,1-2H3. The molecule has 3 rings (SSSR count). The molecule has 3 heteroatoms. The third kappa shape index (κ3) is 2.50. The molecule has 0 unspecified atom stereocenters. The second kappa shape index (κ2) is 5.41. The van der Waals surface area contributed by atoms with Crippen LogP contribution < -0.4 is 10.1 Å². The number of hydrogen-bond donors (Lipinski definition) is 1. The van der Waals surface area contributed by atoms with Crippen molar-refractivity contribution in [1.82, 2.24) is 10.3 Å². The van der Waals surface area contributed by atoms with Gasteiger partial charge in [0.25, 0.3) is 0 Å². The number of fused-ring (bicyclic) bond motifs is 1. The van der Waals surface area contributed by atoms with Gasteiger partial charge in [-0.25, -0.2) is 4.98 Å². The Balaban J connectivity index is 1.91. The van der Waals surface area contributed by atoms with Gasteiger partial charge in [0.15, 0.2) is 0 Å². The van der Waals surface area contributed by atoms with E-state index in [2.05, 4.69) is 28.5 Å². The fraction of sp³-hybridized carbons (Fsp3) is 0.471. The fourth-order valence-electron chi connectivity index (χ4n) is 2.86. The summed E-state index contributed by atoms with van der Waals surface area (Å²) in [6.45, 7) is 3.02. The molecule has 2 aromatic rings. The van der Waals surface area contributed by atoms with E-state index in [0.717, 1.165) is 48.2 Å². The zero-order valence-electron chi connectivity index (χ0n) is 12.3. The summed E-state index contributed by atoms with van der Waals surface area (Å²) >= 11 is 0. The highest BCUT2D eigenvalue weighted by Crippen LogP contribution is 2.40. The van der Waals surface area contributed by atoms with Gasteiger partial charge in [-0.05, 0) is 58.3 Å². The summed E-state index contributed by atoms with van der Waals surface area (Å²) in [5.41, 5.74) is 2.04. The molecule has 3 nitrogen and oxygen atoms in total. The molecule has 1 heterocycles. The summed E-state index contributed by atoms with van der Waals surface area (Å²) in [6, 6.07) is 10.4. The first-order valence-electron chi connectivity index (χ1n) is 7.42. The van der Waals surface area contributed by atoms with Crippen molar-refractivity contribution < 1.29 is 4.74 Å². The number of rotatable bonds is 5. The Morgan fingerprint density at radius 1 is 1.25 bits per heavy atom. The Bertz CT molecular complexity index is 605. The van der Waals surface area contributed by atoms with Crippen LogP contribution in [-0.2, 0) is 0 Å². The number of benzene rings is 1. The number of para-hydroxylation sites is 1. The number of ether oxygens (including phenoxy) is 1. The van der Waals surface area contributed by atoms with Crippen LogP contribution in [0.4, 0.5) is 0 Å². The van der Waals surface area contributed by atoms with E-state index in [1.54, 1.807) is 0 Å². The van der Waals surface area contributed by atoms with Crippen LogP contribution >= 0.6 is 0 Å². The SMILES string of the molecule is CNCCC1(Oc2cccc3ccc(C)nc23)CCC1. The van der Waals surface area contributed by atoms with Gasteiger partial charge >= 0.3 is 0 Å². The van der Waals surface area contributed by atoms with E-state index in [9.17, 15) is 0 Å². The molecule has 1 aliphatic carbocycles. The second-order valence-electron chi connectivity index (χ2n) is 5.77. The highest BCUT2D eigenvalue weighted by molar-refractivity contribution is 5.84. The Kier molecular flexibility index (Phi) is 3.62. The third-order valence-electron chi connectivity index (χ3n) is 4.24. The Labute approximate surface area is 120 Å². The maximum Gasteiger partial charge on any atom is 0.146 e. The molecule has 1 saturated carbocycles. The molecular weight excluding hydrogens is 248 g/mol. The highest BCUT2D eigenvalue weighted by Gasteiger charge is 2.39. The molecule has 1 N–H and O–H groups in total. The van der Waals surface area contributed by atoms with Gasteiger partial charge in [0.2, 0.25) is 0 Å². The molecule has 0 saturated heterocycles. The third-order valence-corrected chi connectivity index (χ3v) is 4.24. The number of pyridine rings is 1. The van der Waals surface area contributed by atoms with E-state index in [1.807, 2.05) is 26.1 Å². The first kappa shape index (κ1) is 13.4. The topological polar surface area (TPSA) is 34.1 Å². The summed E-state index contributed by atoms with van der Waals surface area (Å²) in [5.74, 6) is 0.932. The van der Waals surface area contributed by atoms with E-state index in [-0.39, 0.29) is 5.60 Å². The number of aromatic nitrogens is 1. The second-order valence-corrected chi connectivity index (χ2v) is 5.77. The molecule has 0 bridgehead atoms. The number of aryl methyl sites for hydroxylation is 1. The lowest BCUT2D eigenvalue weighted by Gasteiger charge is -2.42. The van der Waals surface area contributed by atoms with Crippen LogP contribution in [0, 0.1) is 6.92 Å². The zero-order valence-corrected chi connectivity index (χ0v) is 12.3. The van der Waals surface area contributed by atoms with Crippen molar-refractivity contribution in [2.75, 3.05) is 13.6 Å². The van der Waals surface area contributed by atoms with Crippen molar-refractivity contribution in [2.45, 2.75) is 38.2 Å². The molecule has 1 aliphatic rings. The van der Waals surface area contributed by atoms with E-state index >= 15 is 0 Å². The first-order valence-corrected chi connectivity index (χ1v) is 7.42. The van der Waals surface area contributed by atoms with Gasteiger partial charge in [-0.1, -0.05) is 18.2 Å².